The van der Waals surface area contributed by atoms with Crippen molar-refractivity contribution in [1.29, 1.82) is 0 Å². The van der Waals surface area contributed by atoms with Gasteiger partial charge in [0, 0.05) is 6.92 Å². The quantitative estimate of drug-likeness (QED) is 0.269. The van der Waals surface area contributed by atoms with E-state index in [1.165, 1.54) is 5.57 Å². The zero-order valence-corrected chi connectivity index (χ0v) is 5.52. The first-order valence-electron chi connectivity index (χ1n) is 2.89. The lowest BCUT2D eigenvalue weighted by Gasteiger charge is -1.76. The summed E-state index contributed by atoms with van der Waals surface area (Å²) in [6.45, 7) is 11.8. The van der Waals surface area contributed by atoms with Crippen molar-refractivity contribution < 1.29 is 4.58 Å². The fourth-order valence-corrected chi connectivity index (χ4v) is 1.10. The molecular weight excluding hydrogens is 98.1 g/mol. The standard InChI is InChI=1S/C7H12N/c1-5(2)7-6(3)8(7)4/h6-7H,1,4H2,2-3H3/q+1. The highest BCUT2D eigenvalue weighted by Gasteiger charge is 2.49. The minimum absolute atomic E-state index is 0.565. The maximum absolute atomic E-state index is 3.84. The van der Waals surface area contributed by atoms with Crippen LogP contribution in [-0.4, -0.2) is 23.4 Å². The Bertz CT molecular complexity index is 138. The Morgan fingerprint density at radius 1 is 1.62 bits per heavy atom. The molecule has 1 nitrogen and oxygen atoms in total. The van der Waals surface area contributed by atoms with Crippen molar-refractivity contribution in [2.24, 2.45) is 0 Å². The van der Waals surface area contributed by atoms with Gasteiger partial charge in [0.05, 0.1) is 0 Å². The van der Waals surface area contributed by atoms with E-state index in [1.807, 2.05) is 6.92 Å². The fraction of sp³-hybridized carbons (Fsp3) is 0.571. The third-order valence-corrected chi connectivity index (χ3v) is 1.75. The molecule has 44 valence electrons. The monoisotopic (exact) mass is 110 g/mol. The highest BCUT2D eigenvalue weighted by Crippen LogP contribution is 2.25. The summed E-state index contributed by atoms with van der Waals surface area (Å²) in [5.74, 6) is 0. The van der Waals surface area contributed by atoms with E-state index >= 15 is 0 Å². The summed E-state index contributed by atoms with van der Waals surface area (Å²) in [5.41, 5.74) is 1.23. The van der Waals surface area contributed by atoms with Gasteiger partial charge in [0.2, 0.25) is 12.1 Å². The lowest BCUT2D eigenvalue weighted by molar-refractivity contribution is -0.363. The van der Waals surface area contributed by atoms with Crippen molar-refractivity contribution >= 4 is 6.72 Å². The Hall–Kier alpha value is -0.590. The van der Waals surface area contributed by atoms with Crippen LogP contribution in [0.1, 0.15) is 13.8 Å². The molecule has 1 aliphatic heterocycles. The number of hydrogen-bond donors (Lipinski definition) is 0. The van der Waals surface area contributed by atoms with Crippen molar-refractivity contribution in [3.8, 4) is 0 Å². The Kier molecular flexibility index (Phi) is 0.999. The maximum atomic E-state index is 3.84. The first-order chi connectivity index (χ1) is 3.64. The third-order valence-electron chi connectivity index (χ3n) is 1.75. The van der Waals surface area contributed by atoms with Gasteiger partial charge in [-0.05, 0) is 12.5 Å². The second-order valence-electron chi connectivity index (χ2n) is 2.55. The summed E-state index contributed by atoms with van der Waals surface area (Å²) < 4.78 is 2.06. The van der Waals surface area contributed by atoms with Gasteiger partial charge in [0.25, 0.3) is 0 Å². The Balaban J connectivity index is 2.57. The summed E-state index contributed by atoms with van der Waals surface area (Å²) in [7, 11) is 0. The van der Waals surface area contributed by atoms with Gasteiger partial charge in [-0.15, -0.1) is 0 Å². The highest BCUT2D eigenvalue weighted by molar-refractivity contribution is 5.22. The van der Waals surface area contributed by atoms with E-state index in [2.05, 4.69) is 24.8 Å². The minimum Gasteiger partial charge on any atom is -0.220 e. The van der Waals surface area contributed by atoms with Crippen molar-refractivity contribution in [2.45, 2.75) is 25.9 Å². The molecule has 0 N–H and O–H groups in total. The third kappa shape index (κ3) is 0.585. The van der Waals surface area contributed by atoms with E-state index in [1.54, 1.807) is 0 Å². The smallest absolute Gasteiger partial charge is 0.220 e. The van der Waals surface area contributed by atoms with Crippen LogP contribution in [0.4, 0.5) is 0 Å². The van der Waals surface area contributed by atoms with E-state index in [0.717, 1.165) is 0 Å². The van der Waals surface area contributed by atoms with E-state index < -0.39 is 0 Å². The lowest BCUT2D eigenvalue weighted by Crippen LogP contribution is -1.88. The van der Waals surface area contributed by atoms with Crippen LogP contribution in [0.5, 0.6) is 0 Å². The molecule has 0 aliphatic carbocycles. The normalized spacial score (nSPS) is 35.0. The molecule has 0 aromatic carbocycles. The lowest BCUT2D eigenvalue weighted by atomic mass is 10.2. The average Bonchev–Trinajstić information content (AvgIpc) is 2.15. The van der Waals surface area contributed by atoms with Crippen LogP contribution in [0.15, 0.2) is 12.2 Å². The summed E-state index contributed by atoms with van der Waals surface area (Å²) >= 11 is 0. The Morgan fingerprint density at radius 2 is 2.00 bits per heavy atom. The molecule has 1 fully saturated rings. The summed E-state index contributed by atoms with van der Waals surface area (Å²) in [6.07, 6.45) is 0. The van der Waals surface area contributed by atoms with Crippen molar-refractivity contribution in [3.63, 3.8) is 0 Å². The van der Waals surface area contributed by atoms with Crippen molar-refractivity contribution in [1.82, 2.24) is 0 Å². The van der Waals surface area contributed by atoms with Gasteiger partial charge in [-0.1, -0.05) is 6.58 Å². The van der Waals surface area contributed by atoms with Crippen LogP contribution in [0.3, 0.4) is 0 Å². The van der Waals surface area contributed by atoms with E-state index in [9.17, 15) is 0 Å². The van der Waals surface area contributed by atoms with Crippen LogP contribution in [0.2, 0.25) is 0 Å². The molecule has 1 heterocycles. The fourth-order valence-electron chi connectivity index (χ4n) is 1.10. The molecule has 1 saturated heterocycles. The molecule has 0 radical (unpaired) electrons. The second kappa shape index (κ2) is 1.44. The number of hydrogen-bond acceptors (Lipinski definition) is 0. The number of nitrogens with zero attached hydrogens (tertiary/aromatic N) is 1. The molecule has 0 aromatic rings. The van der Waals surface area contributed by atoms with Gasteiger partial charge in [-0.3, -0.25) is 0 Å². The van der Waals surface area contributed by atoms with Crippen LogP contribution in [0.25, 0.3) is 0 Å². The van der Waals surface area contributed by atoms with Crippen LogP contribution >= 0.6 is 0 Å². The van der Waals surface area contributed by atoms with Crippen LogP contribution in [0, 0.1) is 0 Å². The summed E-state index contributed by atoms with van der Waals surface area (Å²) in [4.78, 5) is 0. The van der Waals surface area contributed by atoms with E-state index in [0.29, 0.717) is 12.1 Å². The molecular formula is C7H12N+. The average molecular weight is 110 g/mol. The first kappa shape index (κ1) is 5.54. The molecule has 8 heavy (non-hydrogen) atoms. The molecule has 0 bridgehead atoms. The summed E-state index contributed by atoms with van der Waals surface area (Å²) in [6, 6.07) is 1.20. The predicted molar refractivity (Wildman–Crippen MR) is 35.4 cm³/mol. The van der Waals surface area contributed by atoms with Crippen molar-refractivity contribution in [3.05, 3.63) is 12.2 Å². The van der Waals surface area contributed by atoms with Gasteiger partial charge in [-0.2, -0.15) is 0 Å². The molecule has 0 saturated carbocycles. The first-order valence-corrected chi connectivity index (χ1v) is 2.89. The van der Waals surface area contributed by atoms with Crippen LogP contribution < -0.4 is 0 Å². The zero-order valence-electron chi connectivity index (χ0n) is 5.52. The predicted octanol–water partition coefficient (Wildman–Crippen LogP) is 1.05. The van der Waals surface area contributed by atoms with Crippen LogP contribution in [-0.2, 0) is 0 Å². The molecule has 1 aliphatic rings. The van der Waals surface area contributed by atoms with Gasteiger partial charge in [0.1, 0.15) is 6.72 Å². The van der Waals surface area contributed by atoms with E-state index in [4.69, 9.17) is 0 Å². The molecule has 1 heteroatoms. The second-order valence-corrected chi connectivity index (χ2v) is 2.55. The van der Waals surface area contributed by atoms with Crippen molar-refractivity contribution in [2.75, 3.05) is 0 Å². The molecule has 0 amide bonds. The maximum Gasteiger partial charge on any atom is 0.234 e. The molecule has 2 atom stereocenters. The SMILES string of the molecule is C=C(C)C1C(C)[N+]1=C. The van der Waals surface area contributed by atoms with Gasteiger partial charge in [-0.25, -0.2) is 4.58 Å². The molecule has 0 aromatic heterocycles. The summed E-state index contributed by atoms with van der Waals surface area (Å²) in [5, 5.41) is 0. The Labute approximate surface area is 50.3 Å². The van der Waals surface area contributed by atoms with Gasteiger partial charge in [0.15, 0.2) is 0 Å². The zero-order chi connectivity index (χ0) is 6.31. The topological polar surface area (TPSA) is 3.01 Å². The van der Waals surface area contributed by atoms with Gasteiger partial charge < -0.3 is 0 Å². The van der Waals surface area contributed by atoms with E-state index in [-0.39, 0.29) is 0 Å². The molecule has 2 unspecified atom stereocenters. The highest BCUT2D eigenvalue weighted by atomic mass is 15.2. The number of rotatable bonds is 1. The molecule has 1 rings (SSSR count). The largest absolute Gasteiger partial charge is 0.234 e. The molecule has 0 spiro atoms. The van der Waals surface area contributed by atoms with Gasteiger partial charge >= 0.3 is 0 Å². The Morgan fingerprint density at radius 3 is 2.00 bits per heavy atom. The minimum atomic E-state index is 0.565.